The first-order chi connectivity index (χ1) is 11.1. The van der Waals surface area contributed by atoms with Crippen LogP contribution >= 0.6 is 0 Å². The SMILES string of the molecule is COc1ccccc1/C=C/C(=O)NC(C)c1ccc(C#N)cc1. The Morgan fingerprint density at radius 2 is 1.91 bits per heavy atom. The molecule has 0 aliphatic heterocycles. The monoisotopic (exact) mass is 306 g/mol. The molecule has 0 aliphatic rings. The zero-order valence-electron chi connectivity index (χ0n) is 13.1. The molecule has 2 aromatic rings. The number of hydrogen-bond donors (Lipinski definition) is 1. The Kier molecular flexibility index (Phi) is 5.54. The molecule has 0 aromatic heterocycles. The van der Waals surface area contributed by atoms with Gasteiger partial charge in [0.25, 0.3) is 0 Å². The van der Waals surface area contributed by atoms with Crippen molar-refractivity contribution in [1.82, 2.24) is 5.32 Å². The minimum absolute atomic E-state index is 0.141. The molecule has 0 saturated heterocycles. The van der Waals surface area contributed by atoms with E-state index in [1.54, 1.807) is 25.3 Å². The molecule has 0 aliphatic carbocycles. The molecule has 1 amide bonds. The largest absolute Gasteiger partial charge is 0.496 e. The fourth-order valence-corrected chi connectivity index (χ4v) is 2.16. The molecule has 1 N–H and O–H groups in total. The number of para-hydroxylation sites is 1. The number of nitrogens with one attached hydrogen (secondary N) is 1. The molecule has 4 nitrogen and oxygen atoms in total. The van der Waals surface area contributed by atoms with Gasteiger partial charge in [0.1, 0.15) is 5.75 Å². The van der Waals surface area contributed by atoms with Crippen molar-refractivity contribution in [2.75, 3.05) is 7.11 Å². The highest BCUT2D eigenvalue weighted by molar-refractivity contribution is 5.92. The van der Waals surface area contributed by atoms with E-state index in [9.17, 15) is 4.79 Å². The lowest BCUT2D eigenvalue weighted by Crippen LogP contribution is -2.24. The van der Waals surface area contributed by atoms with Crippen LogP contribution in [-0.2, 0) is 4.79 Å². The van der Waals surface area contributed by atoms with Crippen LogP contribution in [0.15, 0.2) is 54.6 Å². The van der Waals surface area contributed by atoms with Crippen LogP contribution in [0.2, 0.25) is 0 Å². The maximum atomic E-state index is 12.0. The first-order valence-electron chi connectivity index (χ1n) is 7.25. The van der Waals surface area contributed by atoms with E-state index in [0.717, 1.165) is 16.9 Å². The number of carbonyl (C=O) groups excluding carboxylic acids is 1. The van der Waals surface area contributed by atoms with Crippen molar-refractivity contribution in [3.63, 3.8) is 0 Å². The second kappa shape index (κ2) is 7.81. The quantitative estimate of drug-likeness (QED) is 0.861. The summed E-state index contributed by atoms with van der Waals surface area (Å²) in [6.45, 7) is 1.90. The molecule has 2 aromatic carbocycles. The molecule has 1 unspecified atom stereocenters. The van der Waals surface area contributed by atoms with Gasteiger partial charge in [0.15, 0.2) is 0 Å². The summed E-state index contributed by atoms with van der Waals surface area (Å²) in [6.07, 6.45) is 3.21. The first kappa shape index (κ1) is 16.3. The second-order valence-corrected chi connectivity index (χ2v) is 5.04. The average Bonchev–Trinajstić information content (AvgIpc) is 2.60. The minimum Gasteiger partial charge on any atom is -0.496 e. The van der Waals surface area contributed by atoms with E-state index in [4.69, 9.17) is 10.00 Å². The van der Waals surface area contributed by atoms with Gasteiger partial charge in [0.2, 0.25) is 5.91 Å². The van der Waals surface area contributed by atoms with Gasteiger partial charge in [0.05, 0.1) is 24.8 Å². The van der Waals surface area contributed by atoms with Gasteiger partial charge in [-0.2, -0.15) is 5.26 Å². The average molecular weight is 306 g/mol. The number of nitriles is 1. The van der Waals surface area contributed by atoms with Crippen molar-refractivity contribution >= 4 is 12.0 Å². The fraction of sp³-hybridized carbons (Fsp3) is 0.158. The number of ether oxygens (including phenoxy) is 1. The predicted molar refractivity (Wildman–Crippen MR) is 89.7 cm³/mol. The molecule has 0 saturated carbocycles. The number of rotatable bonds is 5. The van der Waals surface area contributed by atoms with Gasteiger partial charge in [0, 0.05) is 11.6 Å². The normalized spacial score (nSPS) is 11.7. The summed E-state index contributed by atoms with van der Waals surface area (Å²) in [5.41, 5.74) is 2.39. The Labute approximate surface area is 136 Å². The van der Waals surface area contributed by atoms with Crippen molar-refractivity contribution < 1.29 is 9.53 Å². The van der Waals surface area contributed by atoms with Gasteiger partial charge in [-0.3, -0.25) is 4.79 Å². The summed E-state index contributed by atoms with van der Waals surface area (Å²) in [5.74, 6) is 0.532. The highest BCUT2D eigenvalue weighted by Gasteiger charge is 2.07. The molecular formula is C19H18N2O2. The maximum absolute atomic E-state index is 12.0. The number of carbonyl (C=O) groups is 1. The first-order valence-corrected chi connectivity index (χ1v) is 7.25. The topological polar surface area (TPSA) is 62.1 Å². The zero-order chi connectivity index (χ0) is 16.7. The number of methoxy groups -OCH3 is 1. The standard InChI is InChI=1S/C19H18N2O2/c1-14(16-9-7-15(13-20)8-10-16)21-19(22)12-11-17-5-3-4-6-18(17)23-2/h3-12,14H,1-2H3,(H,21,22)/b12-11+. The van der Waals surface area contributed by atoms with Crippen LogP contribution in [0.4, 0.5) is 0 Å². The predicted octanol–water partition coefficient (Wildman–Crippen LogP) is 3.46. The second-order valence-electron chi connectivity index (χ2n) is 5.04. The molecule has 0 heterocycles. The third kappa shape index (κ3) is 4.45. The number of hydrogen-bond acceptors (Lipinski definition) is 3. The van der Waals surface area contributed by atoms with Crippen molar-refractivity contribution in [3.05, 3.63) is 71.3 Å². The van der Waals surface area contributed by atoms with Gasteiger partial charge >= 0.3 is 0 Å². The maximum Gasteiger partial charge on any atom is 0.244 e. The van der Waals surface area contributed by atoms with Crippen LogP contribution in [0.3, 0.4) is 0 Å². The lowest BCUT2D eigenvalue weighted by molar-refractivity contribution is -0.117. The van der Waals surface area contributed by atoms with Crippen molar-refractivity contribution in [3.8, 4) is 11.8 Å². The van der Waals surface area contributed by atoms with E-state index in [0.29, 0.717) is 5.56 Å². The van der Waals surface area contributed by atoms with Gasteiger partial charge < -0.3 is 10.1 Å². The molecular weight excluding hydrogens is 288 g/mol. The minimum atomic E-state index is -0.187. The van der Waals surface area contributed by atoms with E-state index < -0.39 is 0 Å². The fourth-order valence-electron chi connectivity index (χ4n) is 2.16. The van der Waals surface area contributed by atoms with Crippen LogP contribution < -0.4 is 10.1 Å². The van der Waals surface area contributed by atoms with Crippen LogP contribution in [-0.4, -0.2) is 13.0 Å². The van der Waals surface area contributed by atoms with E-state index >= 15 is 0 Å². The Hall–Kier alpha value is -3.06. The molecule has 116 valence electrons. The molecule has 0 bridgehead atoms. The molecule has 4 heteroatoms. The van der Waals surface area contributed by atoms with E-state index in [1.807, 2.05) is 43.3 Å². The molecule has 0 radical (unpaired) electrons. The summed E-state index contributed by atoms with van der Waals surface area (Å²) in [4.78, 5) is 12.0. The molecule has 23 heavy (non-hydrogen) atoms. The van der Waals surface area contributed by atoms with E-state index in [1.165, 1.54) is 6.08 Å². The van der Waals surface area contributed by atoms with Crippen LogP contribution in [0.1, 0.15) is 29.7 Å². The molecule has 1 atom stereocenters. The third-order valence-electron chi connectivity index (χ3n) is 3.45. The molecule has 0 spiro atoms. The number of amides is 1. The molecule has 0 fully saturated rings. The van der Waals surface area contributed by atoms with Crippen LogP contribution in [0.25, 0.3) is 6.08 Å². The summed E-state index contributed by atoms with van der Waals surface area (Å²) in [7, 11) is 1.60. The van der Waals surface area contributed by atoms with Gasteiger partial charge in [-0.15, -0.1) is 0 Å². The summed E-state index contributed by atoms with van der Waals surface area (Å²) < 4.78 is 5.24. The Morgan fingerprint density at radius 3 is 2.57 bits per heavy atom. The zero-order valence-corrected chi connectivity index (χ0v) is 13.1. The smallest absolute Gasteiger partial charge is 0.244 e. The van der Waals surface area contributed by atoms with E-state index in [-0.39, 0.29) is 11.9 Å². The number of nitrogens with zero attached hydrogens (tertiary/aromatic N) is 1. The summed E-state index contributed by atoms with van der Waals surface area (Å²) >= 11 is 0. The molecule has 2 rings (SSSR count). The Balaban J connectivity index is 2.01. The highest BCUT2D eigenvalue weighted by atomic mass is 16.5. The Bertz CT molecular complexity index is 743. The van der Waals surface area contributed by atoms with E-state index in [2.05, 4.69) is 11.4 Å². The third-order valence-corrected chi connectivity index (χ3v) is 3.45. The highest BCUT2D eigenvalue weighted by Crippen LogP contribution is 2.18. The van der Waals surface area contributed by atoms with Crippen molar-refractivity contribution in [1.29, 1.82) is 5.26 Å². The van der Waals surface area contributed by atoms with Crippen LogP contribution in [0.5, 0.6) is 5.75 Å². The number of benzene rings is 2. The van der Waals surface area contributed by atoms with Gasteiger partial charge in [-0.1, -0.05) is 30.3 Å². The van der Waals surface area contributed by atoms with Crippen molar-refractivity contribution in [2.45, 2.75) is 13.0 Å². The summed E-state index contributed by atoms with van der Waals surface area (Å²) in [6, 6.07) is 16.6. The summed E-state index contributed by atoms with van der Waals surface area (Å²) in [5, 5.41) is 11.7. The van der Waals surface area contributed by atoms with Gasteiger partial charge in [-0.25, -0.2) is 0 Å². The Morgan fingerprint density at radius 1 is 1.22 bits per heavy atom. The van der Waals surface area contributed by atoms with Gasteiger partial charge in [-0.05, 0) is 36.8 Å². The van der Waals surface area contributed by atoms with Crippen LogP contribution in [0, 0.1) is 11.3 Å². The lowest BCUT2D eigenvalue weighted by atomic mass is 10.1. The van der Waals surface area contributed by atoms with Crippen molar-refractivity contribution in [2.24, 2.45) is 0 Å². The lowest BCUT2D eigenvalue weighted by Gasteiger charge is -2.13.